The molecule has 126 valence electrons. The van der Waals surface area contributed by atoms with Crippen molar-refractivity contribution in [1.29, 1.82) is 5.26 Å². The van der Waals surface area contributed by atoms with Crippen molar-refractivity contribution in [2.75, 3.05) is 6.61 Å². The van der Waals surface area contributed by atoms with E-state index in [9.17, 15) is 9.36 Å². The van der Waals surface area contributed by atoms with Crippen molar-refractivity contribution in [3.05, 3.63) is 29.8 Å². The predicted molar refractivity (Wildman–Crippen MR) is 84.8 cm³/mol. The molecule has 1 aromatic rings. The molecule has 1 N–H and O–H groups in total. The number of esters is 1. The molecule has 0 aliphatic heterocycles. The monoisotopic (exact) mass is 340 g/mol. The van der Waals surface area contributed by atoms with Gasteiger partial charge in [0.15, 0.2) is 0 Å². The zero-order valence-corrected chi connectivity index (χ0v) is 14.5. The van der Waals surface area contributed by atoms with Crippen LogP contribution < -0.4 is 9.61 Å². The van der Waals surface area contributed by atoms with Gasteiger partial charge in [0.25, 0.3) is 0 Å². The van der Waals surface area contributed by atoms with Crippen LogP contribution in [0.15, 0.2) is 24.3 Å². The van der Waals surface area contributed by atoms with E-state index in [0.29, 0.717) is 5.56 Å². The van der Waals surface area contributed by atoms with Gasteiger partial charge in [-0.2, -0.15) is 10.3 Å². The molecule has 1 aromatic carbocycles. The average molecular weight is 340 g/mol. The molecule has 2 atom stereocenters. The highest BCUT2D eigenvalue weighted by molar-refractivity contribution is 7.52. The number of nitriles is 1. The molecular weight excluding hydrogens is 319 g/mol. The largest absolute Gasteiger partial charge is 0.462 e. The first-order valence-corrected chi connectivity index (χ1v) is 8.76. The molecule has 0 amide bonds. The Morgan fingerprint density at radius 3 is 2.65 bits per heavy atom. The lowest BCUT2D eigenvalue weighted by Crippen LogP contribution is -2.36. The Labute approximate surface area is 136 Å². The van der Waals surface area contributed by atoms with Crippen molar-refractivity contribution in [3.63, 3.8) is 0 Å². The number of carbonyl (C=O) groups is 1. The molecule has 7 nitrogen and oxygen atoms in total. The van der Waals surface area contributed by atoms with Crippen LogP contribution in [-0.2, 0) is 18.6 Å². The minimum Gasteiger partial charge on any atom is -0.462 e. The zero-order valence-electron chi connectivity index (χ0n) is 13.6. The molecule has 0 aliphatic rings. The molecule has 0 bridgehead atoms. The Kier molecular flexibility index (Phi) is 7.24. The smallest absolute Gasteiger partial charge is 0.459 e. The van der Waals surface area contributed by atoms with Gasteiger partial charge in [0.1, 0.15) is 11.8 Å². The number of hydrogen-bond donors (Lipinski definition) is 1. The van der Waals surface area contributed by atoms with Gasteiger partial charge >= 0.3 is 13.7 Å². The fourth-order valence-corrected chi connectivity index (χ4v) is 3.14. The number of nitrogens with one attached hydrogen (secondary N) is 1. The molecule has 23 heavy (non-hydrogen) atoms. The molecule has 0 saturated carbocycles. The van der Waals surface area contributed by atoms with Gasteiger partial charge in [-0.3, -0.25) is 9.32 Å². The second-order valence-corrected chi connectivity index (χ2v) is 6.68. The summed E-state index contributed by atoms with van der Waals surface area (Å²) in [6.45, 7) is 6.72. The molecule has 1 unspecified atom stereocenters. The molecule has 8 heteroatoms. The number of ether oxygens (including phenoxy) is 1. The number of benzene rings is 1. The van der Waals surface area contributed by atoms with Crippen LogP contribution in [0.2, 0.25) is 0 Å². The first-order valence-electron chi connectivity index (χ1n) is 7.22. The van der Waals surface area contributed by atoms with Crippen LogP contribution in [0.4, 0.5) is 0 Å². The van der Waals surface area contributed by atoms with Crippen LogP contribution in [-0.4, -0.2) is 24.7 Å². The van der Waals surface area contributed by atoms with Crippen LogP contribution in [0.1, 0.15) is 33.3 Å². The van der Waals surface area contributed by atoms with Crippen molar-refractivity contribution in [1.82, 2.24) is 5.09 Å². The Morgan fingerprint density at radius 1 is 1.39 bits per heavy atom. The van der Waals surface area contributed by atoms with Crippen molar-refractivity contribution < 1.29 is 23.1 Å². The van der Waals surface area contributed by atoms with Crippen LogP contribution in [0.25, 0.3) is 0 Å². The van der Waals surface area contributed by atoms with Crippen molar-refractivity contribution in [2.24, 2.45) is 0 Å². The molecule has 0 aliphatic carbocycles. The van der Waals surface area contributed by atoms with E-state index in [0.717, 1.165) is 0 Å². The second-order valence-electron chi connectivity index (χ2n) is 4.98. The maximum Gasteiger partial charge on any atom is 0.459 e. The molecule has 0 fully saturated rings. The van der Waals surface area contributed by atoms with E-state index in [1.165, 1.54) is 13.0 Å². The molecule has 0 spiro atoms. The summed E-state index contributed by atoms with van der Waals surface area (Å²) < 4.78 is 28.3. The van der Waals surface area contributed by atoms with E-state index in [1.54, 1.807) is 39.0 Å². The van der Waals surface area contributed by atoms with Gasteiger partial charge in [-0.1, -0.05) is 6.07 Å². The van der Waals surface area contributed by atoms with E-state index >= 15 is 0 Å². The fourth-order valence-electron chi connectivity index (χ4n) is 1.65. The van der Waals surface area contributed by atoms with Crippen LogP contribution >= 0.6 is 7.75 Å². The topological polar surface area (TPSA) is 97.7 Å². The minimum atomic E-state index is -3.79. The summed E-state index contributed by atoms with van der Waals surface area (Å²) in [6, 6.07) is 7.25. The first-order chi connectivity index (χ1) is 10.8. The number of carbonyl (C=O) groups excluding carboxylic acids is 1. The zero-order chi connectivity index (χ0) is 17.5. The Hall–Kier alpha value is -1.87. The van der Waals surface area contributed by atoms with Gasteiger partial charge in [0.2, 0.25) is 0 Å². The Morgan fingerprint density at radius 2 is 2.09 bits per heavy atom. The molecule has 0 radical (unpaired) electrons. The average Bonchev–Trinajstić information content (AvgIpc) is 2.46. The van der Waals surface area contributed by atoms with Crippen molar-refractivity contribution in [3.8, 4) is 11.8 Å². The quantitative estimate of drug-likeness (QED) is 0.574. The maximum atomic E-state index is 12.7. The van der Waals surface area contributed by atoms with Gasteiger partial charge < -0.3 is 9.26 Å². The number of hydrogen-bond acceptors (Lipinski definition) is 6. The van der Waals surface area contributed by atoms with Gasteiger partial charge in [-0.15, -0.1) is 0 Å². The number of nitrogens with zero attached hydrogens (tertiary/aromatic N) is 1. The second kappa shape index (κ2) is 8.68. The normalized spacial score (nSPS) is 14.6. The highest BCUT2D eigenvalue weighted by Gasteiger charge is 2.32. The molecular formula is C15H21N2O5P. The molecule has 0 saturated heterocycles. The highest BCUT2D eigenvalue weighted by atomic mass is 31.2. The third-order valence-electron chi connectivity index (χ3n) is 2.54. The predicted octanol–water partition coefficient (Wildman–Crippen LogP) is 3.01. The van der Waals surface area contributed by atoms with Crippen LogP contribution in [0.3, 0.4) is 0 Å². The van der Waals surface area contributed by atoms with Gasteiger partial charge in [-0.25, -0.2) is 4.57 Å². The van der Waals surface area contributed by atoms with E-state index in [4.69, 9.17) is 19.0 Å². The minimum absolute atomic E-state index is 0.119. The van der Waals surface area contributed by atoms with Crippen molar-refractivity contribution >= 4 is 13.7 Å². The Balaban J connectivity index is 2.87. The summed E-state index contributed by atoms with van der Waals surface area (Å²) in [6.07, 6.45) is -0.286. The maximum absolute atomic E-state index is 12.7. The lowest BCUT2D eigenvalue weighted by atomic mass is 10.2. The fraction of sp³-hybridized carbons (Fsp3) is 0.467. The highest BCUT2D eigenvalue weighted by Crippen LogP contribution is 2.44. The van der Waals surface area contributed by atoms with Crippen LogP contribution in [0.5, 0.6) is 5.75 Å². The lowest BCUT2D eigenvalue weighted by molar-refractivity contribution is -0.149. The SMILES string of the molecule is CCOP(=O)(N[C@@H](C)C(=O)OC(C)C)Oc1cccc(C#N)c1. The lowest BCUT2D eigenvalue weighted by Gasteiger charge is -2.22. The molecule has 0 aromatic heterocycles. The first kappa shape index (κ1) is 19.2. The van der Waals surface area contributed by atoms with Gasteiger partial charge in [0.05, 0.1) is 24.3 Å². The standard InChI is InChI=1S/C15H21N2O5P/c1-5-20-23(19,17-12(4)15(18)21-11(2)3)22-14-8-6-7-13(9-14)10-16/h6-9,11-12H,5H2,1-4H3,(H,17,19)/t12-,23?/m0/s1. The summed E-state index contributed by atoms with van der Waals surface area (Å²) in [5.41, 5.74) is 0.359. The summed E-state index contributed by atoms with van der Waals surface area (Å²) in [5.74, 6) is -0.355. The third-order valence-corrected chi connectivity index (χ3v) is 4.30. The van der Waals surface area contributed by atoms with Gasteiger partial charge in [-0.05, 0) is 45.9 Å². The van der Waals surface area contributed by atoms with Crippen molar-refractivity contribution in [2.45, 2.75) is 39.8 Å². The van der Waals surface area contributed by atoms with E-state index in [1.807, 2.05) is 6.07 Å². The van der Waals surface area contributed by atoms with E-state index in [-0.39, 0.29) is 18.5 Å². The van der Waals surface area contributed by atoms with E-state index in [2.05, 4.69) is 5.09 Å². The molecule has 1 rings (SSSR count). The summed E-state index contributed by atoms with van der Waals surface area (Å²) in [4.78, 5) is 11.8. The Bertz CT molecular complexity index is 627. The van der Waals surface area contributed by atoms with Gasteiger partial charge in [0, 0.05) is 0 Å². The summed E-state index contributed by atoms with van der Waals surface area (Å²) in [7, 11) is -3.79. The van der Waals surface area contributed by atoms with E-state index < -0.39 is 19.8 Å². The van der Waals surface area contributed by atoms with Crippen LogP contribution in [0, 0.1) is 11.3 Å². The summed E-state index contributed by atoms with van der Waals surface area (Å²) >= 11 is 0. The third kappa shape index (κ3) is 6.41. The number of rotatable bonds is 8. The molecule has 0 heterocycles. The summed E-state index contributed by atoms with van der Waals surface area (Å²) in [5, 5.41) is 11.4.